The Kier molecular flexibility index (Phi) is 7.19. The summed E-state index contributed by atoms with van der Waals surface area (Å²) in [6.07, 6.45) is 3.16. The van der Waals surface area contributed by atoms with Gasteiger partial charge in [-0.1, -0.05) is 48.4 Å². The van der Waals surface area contributed by atoms with Gasteiger partial charge in [0, 0.05) is 12.6 Å². The van der Waals surface area contributed by atoms with Crippen LogP contribution < -0.4 is 0 Å². The number of nitrogens with zero attached hydrogens (tertiary/aromatic N) is 3. The van der Waals surface area contributed by atoms with Crippen molar-refractivity contribution in [2.75, 3.05) is 6.54 Å². The monoisotopic (exact) mass is 431 g/mol. The lowest BCUT2D eigenvalue weighted by atomic mass is 9.99. The number of hydrogen-bond acceptors (Lipinski definition) is 4. The first kappa shape index (κ1) is 22.3. The van der Waals surface area contributed by atoms with E-state index in [1.54, 1.807) is 18.5 Å². The third-order valence-electron chi connectivity index (χ3n) is 5.74. The van der Waals surface area contributed by atoms with Crippen molar-refractivity contribution in [1.82, 2.24) is 14.7 Å². The second-order valence-electron chi connectivity index (χ2n) is 8.03. The summed E-state index contributed by atoms with van der Waals surface area (Å²) in [7, 11) is 0. The van der Waals surface area contributed by atoms with Crippen LogP contribution in [0.3, 0.4) is 0 Å². The number of amides is 1. The van der Waals surface area contributed by atoms with Gasteiger partial charge in [0.2, 0.25) is 0 Å². The number of ether oxygens (including phenoxy) is 1. The molecule has 7 heteroatoms. The number of likely N-dealkylation sites (tertiary alicyclic amines) is 1. The van der Waals surface area contributed by atoms with Crippen LogP contribution in [0.4, 0.5) is 0 Å². The number of esters is 1. The summed E-state index contributed by atoms with van der Waals surface area (Å²) in [4.78, 5) is 27.5. The maximum absolute atomic E-state index is 12.9. The standard InChI is InChI=1S/C23H30ClN3O3/c1-5-19-8-6-7-13-26(19)22(28)17(4)30-23(29)20-16(3)25-27(21(20)24)14-18-11-9-15(2)10-12-18/h9-12,17,19H,5-8,13-14H2,1-4H3. The molecule has 1 aliphatic rings. The zero-order valence-corrected chi connectivity index (χ0v) is 18.9. The molecule has 0 saturated carbocycles. The molecule has 162 valence electrons. The lowest BCUT2D eigenvalue weighted by Gasteiger charge is -2.36. The fraction of sp³-hybridized carbons (Fsp3) is 0.522. The van der Waals surface area contributed by atoms with E-state index in [-0.39, 0.29) is 22.7 Å². The smallest absolute Gasteiger partial charge is 0.343 e. The third kappa shape index (κ3) is 4.86. The molecule has 0 N–H and O–H groups in total. The Labute approximate surface area is 183 Å². The van der Waals surface area contributed by atoms with Gasteiger partial charge in [-0.2, -0.15) is 5.10 Å². The molecule has 6 nitrogen and oxygen atoms in total. The second-order valence-corrected chi connectivity index (χ2v) is 8.39. The van der Waals surface area contributed by atoms with E-state index in [0.717, 1.165) is 31.2 Å². The number of piperidine rings is 1. The van der Waals surface area contributed by atoms with Gasteiger partial charge in [-0.25, -0.2) is 9.48 Å². The van der Waals surface area contributed by atoms with Gasteiger partial charge in [0.15, 0.2) is 6.10 Å². The van der Waals surface area contributed by atoms with Gasteiger partial charge in [-0.05, 0) is 52.0 Å². The van der Waals surface area contributed by atoms with Crippen molar-refractivity contribution in [3.8, 4) is 0 Å². The predicted octanol–water partition coefficient (Wildman–Crippen LogP) is 4.54. The molecule has 0 bridgehead atoms. The van der Waals surface area contributed by atoms with Crippen molar-refractivity contribution in [3.05, 3.63) is 51.8 Å². The molecular formula is C23H30ClN3O3. The van der Waals surface area contributed by atoms with E-state index in [1.807, 2.05) is 36.1 Å². The van der Waals surface area contributed by atoms with Crippen LogP contribution in [0.1, 0.15) is 66.7 Å². The largest absolute Gasteiger partial charge is 0.449 e. The number of rotatable bonds is 6. The van der Waals surface area contributed by atoms with Crippen molar-refractivity contribution in [3.63, 3.8) is 0 Å². The number of benzene rings is 1. The van der Waals surface area contributed by atoms with Gasteiger partial charge in [-0.3, -0.25) is 4.79 Å². The summed E-state index contributed by atoms with van der Waals surface area (Å²) in [5, 5.41) is 4.63. The van der Waals surface area contributed by atoms with Crippen LogP contribution in [0.25, 0.3) is 0 Å². The number of hydrogen-bond donors (Lipinski definition) is 0. The summed E-state index contributed by atoms with van der Waals surface area (Å²) in [6.45, 7) is 8.62. The van der Waals surface area contributed by atoms with Gasteiger partial charge in [-0.15, -0.1) is 0 Å². The van der Waals surface area contributed by atoms with Gasteiger partial charge >= 0.3 is 5.97 Å². The molecule has 0 spiro atoms. The maximum atomic E-state index is 12.9. The molecule has 1 fully saturated rings. The van der Waals surface area contributed by atoms with Gasteiger partial charge in [0.25, 0.3) is 5.91 Å². The molecule has 1 aromatic carbocycles. The molecule has 1 aliphatic heterocycles. The lowest BCUT2D eigenvalue weighted by molar-refractivity contribution is -0.143. The lowest BCUT2D eigenvalue weighted by Crippen LogP contribution is -2.48. The quantitative estimate of drug-likeness (QED) is 0.630. The summed E-state index contributed by atoms with van der Waals surface area (Å²) < 4.78 is 7.10. The Morgan fingerprint density at radius 2 is 1.93 bits per heavy atom. The first-order chi connectivity index (χ1) is 14.3. The minimum atomic E-state index is -0.861. The minimum absolute atomic E-state index is 0.143. The van der Waals surface area contributed by atoms with Crippen LogP contribution in [0.15, 0.2) is 24.3 Å². The van der Waals surface area contributed by atoms with E-state index in [0.29, 0.717) is 18.8 Å². The molecule has 1 aromatic heterocycles. The minimum Gasteiger partial charge on any atom is -0.449 e. The van der Waals surface area contributed by atoms with Crippen molar-refractivity contribution >= 4 is 23.5 Å². The second kappa shape index (κ2) is 9.65. The van der Waals surface area contributed by atoms with E-state index in [2.05, 4.69) is 12.0 Å². The molecular weight excluding hydrogens is 402 g/mol. The van der Waals surface area contributed by atoms with Crippen molar-refractivity contribution in [2.45, 2.75) is 72.1 Å². The molecule has 1 amide bonds. The number of aryl methyl sites for hydroxylation is 2. The summed E-state index contributed by atoms with van der Waals surface area (Å²) >= 11 is 6.47. The normalized spacial score (nSPS) is 17.6. The molecule has 2 unspecified atom stereocenters. The van der Waals surface area contributed by atoms with Crippen LogP contribution in [-0.4, -0.2) is 45.2 Å². The van der Waals surface area contributed by atoms with Gasteiger partial charge < -0.3 is 9.64 Å². The highest BCUT2D eigenvalue weighted by Gasteiger charge is 2.32. The highest BCUT2D eigenvalue weighted by atomic mass is 35.5. The van der Waals surface area contributed by atoms with E-state index in [9.17, 15) is 9.59 Å². The van der Waals surface area contributed by atoms with E-state index >= 15 is 0 Å². The first-order valence-electron chi connectivity index (χ1n) is 10.6. The molecule has 1 saturated heterocycles. The number of carbonyl (C=O) groups is 2. The topological polar surface area (TPSA) is 64.4 Å². The van der Waals surface area contributed by atoms with Crippen molar-refractivity contribution in [1.29, 1.82) is 0 Å². The molecule has 2 heterocycles. The Morgan fingerprint density at radius 1 is 1.23 bits per heavy atom. The van der Waals surface area contributed by atoms with Crippen LogP contribution in [0.5, 0.6) is 0 Å². The maximum Gasteiger partial charge on any atom is 0.343 e. The Bertz CT molecular complexity index is 907. The number of aromatic nitrogens is 2. The Balaban J connectivity index is 1.71. The molecule has 0 aliphatic carbocycles. The summed E-state index contributed by atoms with van der Waals surface area (Å²) in [6, 6.07) is 8.27. The van der Waals surface area contributed by atoms with Crippen molar-refractivity contribution < 1.29 is 14.3 Å². The first-order valence-corrected chi connectivity index (χ1v) is 11.0. The summed E-state index contributed by atoms with van der Waals surface area (Å²) in [5.41, 5.74) is 2.91. The number of halogens is 1. The highest BCUT2D eigenvalue weighted by molar-refractivity contribution is 6.32. The zero-order valence-electron chi connectivity index (χ0n) is 18.2. The number of carbonyl (C=O) groups excluding carboxylic acids is 2. The van der Waals surface area contributed by atoms with Crippen LogP contribution in [0.2, 0.25) is 5.15 Å². The summed E-state index contributed by atoms with van der Waals surface area (Å²) in [5.74, 6) is -0.755. The average molecular weight is 432 g/mol. The molecule has 3 rings (SSSR count). The van der Waals surface area contributed by atoms with Crippen LogP contribution in [0, 0.1) is 13.8 Å². The fourth-order valence-corrected chi connectivity index (χ4v) is 4.29. The van der Waals surface area contributed by atoms with E-state index in [1.165, 1.54) is 5.56 Å². The van der Waals surface area contributed by atoms with Gasteiger partial charge in [0.05, 0.1) is 12.2 Å². The highest BCUT2D eigenvalue weighted by Crippen LogP contribution is 2.24. The van der Waals surface area contributed by atoms with Gasteiger partial charge in [0.1, 0.15) is 10.7 Å². The van der Waals surface area contributed by atoms with E-state index < -0.39 is 12.1 Å². The van der Waals surface area contributed by atoms with Crippen LogP contribution >= 0.6 is 11.6 Å². The van der Waals surface area contributed by atoms with Crippen molar-refractivity contribution in [2.24, 2.45) is 0 Å². The SMILES string of the molecule is CCC1CCCCN1C(=O)C(C)OC(=O)c1c(C)nn(Cc2ccc(C)cc2)c1Cl. The Morgan fingerprint density at radius 3 is 2.60 bits per heavy atom. The third-order valence-corrected chi connectivity index (χ3v) is 6.12. The average Bonchev–Trinajstić information content (AvgIpc) is 3.01. The molecule has 2 aromatic rings. The fourth-order valence-electron chi connectivity index (χ4n) is 3.97. The zero-order chi connectivity index (χ0) is 21.8. The molecule has 0 radical (unpaired) electrons. The predicted molar refractivity (Wildman–Crippen MR) is 117 cm³/mol. The molecule has 2 atom stereocenters. The Hall–Kier alpha value is -2.34. The molecule has 30 heavy (non-hydrogen) atoms. The van der Waals surface area contributed by atoms with E-state index in [4.69, 9.17) is 16.3 Å². The van der Waals surface area contributed by atoms with Crippen LogP contribution in [-0.2, 0) is 16.1 Å².